The summed E-state index contributed by atoms with van der Waals surface area (Å²) in [4.78, 5) is 12.7. The molecule has 0 atom stereocenters. The SMILES string of the molecule is CCOc1cc(C(=O)Nc2ccc(OC)cc2OC)cc(Cl)c1OCC. The van der Waals surface area contributed by atoms with Crippen molar-refractivity contribution in [2.45, 2.75) is 13.8 Å². The average Bonchev–Trinajstić information content (AvgIpc) is 2.64. The summed E-state index contributed by atoms with van der Waals surface area (Å²) in [5, 5.41) is 3.11. The number of benzene rings is 2. The van der Waals surface area contributed by atoms with Crippen molar-refractivity contribution >= 4 is 23.2 Å². The molecule has 0 bridgehead atoms. The predicted molar refractivity (Wildman–Crippen MR) is 101 cm³/mol. The Bertz CT molecular complexity index is 779. The van der Waals surface area contributed by atoms with Crippen LogP contribution in [0.2, 0.25) is 5.02 Å². The third-order valence-electron chi connectivity index (χ3n) is 3.52. The van der Waals surface area contributed by atoms with E-state index in [1.807, 2.05) is 13.8 Å². The molecule has 0 heterocycles. The summed E-state index contributed by atoms with van der Waals surface area (Å²) < 4.78 is 21.5. The van der Waals surface area contributed by atoms with E-state index in [4.69, 9.17) is 30.5 Å². The summed E-state index contributed by atoms with van der Waals surface area (Å²) in [5.41, 5.74) is 0.862. The van der Waals surface area contributed by atoms with Crippen molar-refractivity contribution < 1.29 is 23.7 Å². The largest absolute Gasteiger partial charge is 0.497 e. The van der Waals surface area contributed by atoms with E-state index in [0.717, 1.165) is 0 Å². The van der Waals surface area contributed by atoms with Crippen LogP contribution in [-0.2, 0) is 0 Å². The molecule has 2 aromatic rings. The molecule has 0 spiro atoms. The highest BCUT2D eigenvalue weighted by molar-refractivity contribution is 6.32. The fraction of sp³-hybridized carbons (Fsp3) is 0.316. The van der Waals surface area contributed by atoms with Gasteiger partial charge in [-0.2, -0.15) is 0 Å². The number of hydrogen-bond acceptors (Lipinski definition) is 5. The molecule has 2 aromatic carbocycles. The van der Waals surface area contributed by atoms with Gasteiger partial charge in [-0.05, 0) is 38.1 Å². The topological polar surface area (TPSA) is 66.0 Å². The number of nitrogens with one attached hydrogen (secondary N) is 1. The summed E-state index contributed by atoms with van der Waals surface area (Å²) in [5.74, 6) is 1.62. The van der Waals surface area contributed by atoms with Gasteiger partial charge >= 0.3 is 0 Å². The first-order valence-corrected chi connectivity index (χ1v) is 8.54. The van der Waals surface area contributed by atoms with Crippen molar-refractivity contribution in [2.24, 2.45) is 0 Å². The normalized spacial score (nSPS) is 10.2. The van der Waals surface area contributed by atoms with Crippen LogP contribution in [0.3, 0.4) is 0 Å². The minimum atomic E-state index is -0.348. The zero-order valence-electron chi connectivity index (χ0n) is 15.2. The maximum Gasteiger partial charge on any atom is 0.255 e. The monoisotopic (exact) mass is 379 g/mol. The van der Waals surface area contributed by atoms with Crippen molar-refractivity contribution in [1.29, 1.82) is 0 Å². The molecule has 0 aliphatic heterocycles. The molecule has 0 unspecified atom stereocenters. The third-order valence-corrected chi connectivity index (χ3v) is 3.80. The maximum atomic E-state index is 12.7. The number of hydrogen-bond donors (Lipinski definition) is 1. The molecule has 0 aliphatic carbocycles. The summed E-state index contributed by atoms with van der Waals surface area (Å²) >= 11 is 6.27. The first kappa shape index (κ1) is 19.7. The van der Waals surface area contributed by atoms with E-state index < -0.39 is 0 Å². The van der Waals surface area contributed by atoms with Crippen molar-refractivity contribution in [3.05, 3.63) is 40.9 Å². The van der Waals surface area contributed by atoms with Crippen LogP contribution < -0.4 is 24.3 Å². The van der Waals surface area contributed by atoms with Crippen molar-refractivity contribution in [3.63, 3.8) is 0 Å². The fourth-order valence-corrected chi connectivity index (χ4v) is 2.61. The molecule has 7 heteroatoms. The lowest BCUT2D eigenvalue weighted by Crippen LogP contribution is -2.13. The Balaban J connectivity index is 2.32. The molecule has 0 fully saturated rings. The second-order valence-corrected chi connectivity index (χ2v) is 5.58. The van der Waals surface area contributed by atoms with Gasteiger partial charge in [-0.3, -0.25) is 4.79 Å². The lowest BCUT2D eigenvalue weighted by atomic mass is 10.1. The Morgan fingerprint density at radius 3 is 2.35 bits per heavy atom. The number of carbonyl (C=O) groups excluding carboxylic acids is 1. The molecule has 2 rings (SSSR count). The van der Waals surface area contributed by atoms with Gasteiger partial charge in [0.2, 0.25) is 0 Å². The molecule has 0 saturated heterocycles. The fourth-order valence-electron chi connectivity index (χ4n) is 2.34. The second kappa shape index (κ2) is 9.20. The van der Waals surface area contributed by atoms with Gasteiger partial charge in [0, 0.05) is 11.6 Å². The van der Waals surface area contributed by atoms with Crippen LogP contribution in [0.5, 0.6) is 23.0 Å². The third kappa shape index (κ3) is 4.52. The van der Waals surface area contributed by atoms with Crippen LogP contribution >= 0.6 is 11.6 Å². The van der Waals surface area contributed by atoms with E-state index in [-0.39, 0.29) is 5.91 Å². The highest BCUT2D eigenvalue weighted by Gasteiger charge is 2.17. The van der Waals surface area contributed by atoms with Crippen LogP contribution in [-0.4, -0.2) is 33.3 Å². The van der Waals surface area contributed by atoms with Crippen molar-refractivity contribution in [3.8, 4) is 23.0 Å². The number of anilines is 1. The zero-order valence-corrected chi connectivity index (χ0v) is 16.0. The quantitative estimate of drug-likeness (QED) is 0.736. The standard InChI is InChI=1S/C19H22ClNO5/c1-5-25-17-10-12(9-14(20)18(17)26-6-2)19(22)21-15-8-7-13(23-3)11-16(15)24-4/h7-11H,5-6H2,1-4H3,(H,21,22). The van der Waals surface area contributed by atoms with Gasteiger partial charge in [0.05, 0.1) is 38.1 Å². The van der Waals surface area contributed by atoms with E-state index in [9.17, 15) is 4.79 Å². The minimum Gasteiger partial charge on any atom is -0.497 e. The molecule has 26 heavy (non-hydrogen) atoms. The Morgan fingerprint density at radius 2 is 1.73 bits per heavy atom. The molecule has 0 radical (unpaired) electrons. The smallest absolute Gasteiger partial charge is 0.255 e. The van der Waals surface area contributed by atoms with Crippen LogP contribution in [0.1, 0.15) is 24.2 Å². The van der Waals surface area contributed by atoms with Gasteiger partial charge in [0.15, 0.2) is 11.5 Å². The lowest BCUT2D eigenvalue weighted by Gasteiger charge is -2.15. The molecular formula is C19H22ClNO5. The summed E-state index contributed by atoms with van der Waals surface area (Å²) in [7, 11) is 3.08. The van der Waals surface area contributed by atoms with Gasteiger partial charge in [-0.1, -0.05) is 11.6 Å². The van der Waals surface area contributed by atoms with Crippen LogP contribution in [0.4, 0.5) is 5.69 Å². The van der Waals surface area contributed by atoms with Crippen molar-refractivity contribution in [2.75, 3.05) is 32.8 Å². The van der Waals surface area contributed by atoms with Crippen LogP contribution in [0.25, 0.3) is 0 Å². The molecule has 1 N–H and O–H groups in total. The Hall–Kier alpha value is -2.60. The first-order valence-electron chi connectivity index (χ1n) is 8.16. The van der Waals surface area contributed by atoms with Gasteiger partial charge in [-0.15, -0.1) is 0 Å². The van der Waals surface area contributed by atoms with Gasteiger partial charge in [-0.25, -0.2) is 0 Å². The van der Waals surface area contributed by atoms with Crippen molar-refractivity contribution in [1.82, 2.24) is 0 Å². The van der Waals surface area contributed by atoms with E-state index in [1.165, 1.54) is 7.11 Å². The van der Waals surface area contributed by atoms with Gasteiger partial charge in [0.25, 0.3) is 5.91 Å². The number of halogens is 1. The molecule has 0 saturated carbocycles. The number of methoxy groups -OCH3 is 2. The van der Waals surface area contributed by atoms with E-state index in [1.54, 1.807) is 37.4 Å². The molecule has 6 nitrogen and oxygen atoms in total. The molecule has 0 aromatic heterocycles. The van der Waals surface area contributed by atoms with E-state index in [2.05, 4.69) is 5.32 Å². The average molecular weight is 380 g/mol. The highest BCUT2D eigenvalue weighted by atomic mass is 35.5. The zero-order chi connectivity index (χ0) is 19.1. The van der Waals surface area contributed by atoms with E-state index in [0.29, 0.717) is 52.5 Å². The number of amides is 1. The molecule has 0 aliphatic rings. The summed E-state index contributed by atoms with van der Waals surface area (Å²) in [6.45, 7) is 4.56. The molecular weight excluding hydrogens is 358 g/mol. The maximum absolute atomic E-state index is 12.7. The van der Waals surface area contributed by atoms with Gasteiger partial charge < -0.3 is 24.3 Å². The number of ether oxygens (including phenoxy) is 4. The lowest BCUT2D eigenvalue weighted by molar-refractivity contribution is 0.102. The second-order valence-electron chi connectivity index (χ2n) is 5.17. The first-order chi connectivity index (χ1) is 12.5. The Kier molecular flexibility index (Phi) is 6.97. The van der Waals surface area contributed by atoms with Gasteiger partial charge in [0.1, 0.15) is 11.5 Å². The molecule has 140 valence electrons. The summed E-state index contributed by atoms with van der Waals surface area (Å²) in [6, 6.07) is 8.27. The van der Waals surface area contributed by atoms with E-state index >= 15 is 0 Å². The number of rotatable bonds is 8. The Labute approximate surface area is 158 Å². The van der Waals surface area contributed by atoms with Crippen LogP contribution in [0.15, 0.2) is 30.3 Å². The Morgan fingerprint density at radius 1 is 1.00 bits per heavy atom. The predicted octanol–water partition coefficient (Wildman–Crippen LogP) is 4.41. The number of carbonyl (C=O) groups is 1. The summed E-state index contributed by atoms with van der Waals surface area (Å²) in [6.07, 6.45) is 0. The van der Waals surface area contributed by atoms with Crippen LogP contribution in [0, 0.1) is 0 Å². The highest BCUT2D eigenvalue weighted by Crippen LogP contribution is 2.37. The minimum absolute atomic E-state index is 0.310. The molecule has 1 amide bonds.